The van der Waals surface area contributed by atoms with Crippen LogP contribution in [0.5, 0.6) is 0 Å². The van der Waals surface area contributed by atoms with Crippen LogP contribution in [0.1, 0.15) is 43.2 Å². The zero-order valence-electron chi connectivity index (χ0n) is 12.6. The Labute approximate surface area is 119 Å². The van der Waals surface area contributed by atoms with E-state index < -0.39 is 0 Å². The van der Waals surface area contributed by atoms with Crippen molar-refractivity contribution in [2.75, 3.05) is 6.61 Å². The van der Waals surface area contributed by atoms with Crippen molar-refractivity contribution in [3.63, 3.8) is 0 Å². The maximum atomic E-state index is 12.1. The first kappa shape index (κ1) is 14.6. The average Bonchev–Trinajstić information content (AvgIpc) is 2.81. The van der Waals surface area contributed by atoms with Crippen molar-refractivity contribution in [2.24, 2.45) is 11.8 Å². The van der Waals surface area contributed by atoms with Crippen molar-refractivity contribution in [1.82, 2.24) is 9.38 Å². The van der Waals surface area contributed by atoms with Crippen LogP contribution in [0.2, 0.25) is 0 Å². The van der Waals surface area contributed by atoms with E-state index in [-0.39, 0.29) is 5.97 Å². The number of imidazole rings is 1. The van der Waals surface area contributed by atoms with Crippen LogP contribution in [0.4, 0.5) is 0 Å². The van der Waals surface area contributed by atoms with Crippen LogP contribution < -0.4 is 0 Å². The van der Waals surface area contributed by atoms with Gasteiger partial charge < -0.3 is 4.74 Å². The van der Waals surface area contributed by atoms with Gasteiger partial charge >= 0.3 is 5.97 Å². The maximum Gasteiger partial charge on any atom is 0.356 e. The van der Waals surface area contributed by atoms with Gasteiger partial charge in [-0.25, -0.2) is 9.78 Å². The Bertz CT molecular complexity index is 602. The fraction of sp³-hybridized carbons (Fsp3) is 0.500. The van der Waals surface area contributed by atoms with Gasteiger partial charge in [0.1, 0.15) is 5.65 Å². The second kappa shape index (κ2) is 6.07. The zero-order chi connectivity index (χ0) is 14.7. The number of carbonyl (C=O) groups is 1. The molecule has 2 aromatic heterocycles. The van der Waals surface area contributed by atoms with E-state index in [1.165, 1.54) is 0 Å². The number of esters is 1. The summed E-state index contributed by atoms with van der Waals surface area (Å²) in [5.74, 6) is 0.846. The Morgan fingerprint density at radius 3 is 2.80 bits per heavy atom. The molecule has 2 heterocycles. The molecular formula is C16H22N2O2. The van der Waals surface area contributed by atoms with Gasteiger partial charge in [-0.05, 0) is 36.8 Å². The highest BCUT2D eigenvalue weighted by Crippen LogP contribution is 2.15. The SMILES string of the molecule is Cc1ccc2ncc(C(=O)OCCC(C)C(C)C)n2c1. The molecule has 0 aliphatic rings. The normalized spacial score (nSPS) is 12.8. The molecule has 2 aromatic rings. The first-order valence-electron chi connectivity index (χ1n) is 7.10. The molecule has 0 bridgehead atoms. The molecule has 0 aromatic carbocycles. The van der Waals surface area contributed by atoms with Crippen LogP contribution in [0.3, 0.4) is 0 Å². The molecule has 1 atom stereocenters. The van der Waals surface area contributed by atoms with Crippen LogP contribution in [0.15, 0.2) is 24.5 Å². The van der Waals surface area contributed by atoms with Crippen LogP contribution >= 0.6 is 0 Å². The van der Waals surface area contributed by atoms with E-state index in [1.807, 2.05) is 25.3 Å². The molecule has 0 radical (unpaired) electrons. The van der Waals surface area contributed by atoms with Crippen molar-refractivity contribution in [3.05, 3.63) is 35.8 Å². The minimum Gasteiger partial charge on any atom is -0.461 e. The molecule has 0 spiro atoms. The number of aryl methyl sites for hydroxylation is 1. The van der Waals surface area contributed by atoms with Gasteiger partial charge in [0, 0.05) is 6.20 Å². The Balaban J connectivity index is 2.03. The number of ether oxygens (including phenoxy) is 1. The minimum atomic E-state index is -0.306. The first-order valence-corrected chi connectivity index (χ1v) is 7.10. The lowest BCUT2D eigenvalue weighted by Gasteiger charge is -2.14. The minimum absolute atomic E-state index is 0.306. The van der Waals surface area contributed by atoms with Crippen LogP contribution in [0, 0.1) is 18.8 Å². The second-order valence-corrected chi connectivity index (χ2v) is 5.72. The summed E-state index contributed by atoms with van der Waals surface area (Å²) in [6.45, 7) is 8.98. The third-order valence-electron chi connectivity index (χ3n) is 3.81. The molecule has 0 fully saturated rings. The molecule has 0 N–H and O–H groups in total. The van der Waals surface area contributed by atoms with Gasteiger partial charge in [-0.2, -0.15) is 0 Å². The molecule has 0 saturated carbocycles. The van der Waals surface area contributed by atoms with Crippen molar-refractivity contribution < 1.29 is 9.53 Å². The number of hydrogen-bond donors (Lipinski definition) is 0. The molecule has 0 amide bonds. The molecule has 0 aliphatic heterocycles. The van der Waals surface area contributed by atoms with Gasteiger partial charge in [-0.15, -0.1) is 0 Å². The van der Waals surface area contributed by atoms with Gasteiger partial charge in [-0.3, -0.25) is 4.40 Å². The Kier molecular flexibility index (Phi) is 4.42. The summed E-state index contributed by atoms with van der Waals surface area (Å²) in [6.07, 6.45) is 4.36. The molecule has 0 aliphatic carbocycles. The number of fused-ring (bicyclic) bond motifs is 1. The van der Waals surface area contributed by atoms with E-state index in [9.17, 15) is 4.79 Å². The lowest BCUT2D eigenvalue weighted by atomic mass is 9.95. The molecule has 2 rings (SSSR count). The Morgan fingerprint density at radius 1 is 1.35 bits per heavy atom. The van der Waals surface area contributed by atoms with E-state index in [4.69, 9.17) is 4.74 Å². The fourth-order valence-corrected chi connectivity index (χ4v) is 1.98. The van der Waals surface area contributed by atoms with Crippen LogP contribution in [-0.4, -0.2) is 22.0 Å². The van der Waals surface area contributed by atoms with Gasteiger partial charge in [0.25, 0.3) is 0 Å². The fourth-order valence-electron chi connectivity index (χ4n) is 1.98. The molecule has 108 valence electrons. The predicted molar refractivity (Wildman–Crippen MR) is 78.8 cm³/mol. The highest BCUT2D eigenvalue weighted by Gasteiger charge is 2.14. The smallest absolute Gasteiger partial charge is 0.356 e. The number of rotatable bonds is 5. The van der Waals surface area contributed by atoms with Crippen LogP contribution in [-0.2, 0) is 4.74 Å². The summed E-state index contributed by atoms with van der Waals surface area (Å²) in [4.78, 5) is 16.3. The Morgan fingerprint density at radius 2 is 2.10 bits per heavy atom. The summed E-state index contributed by atoms with van der Waals surface area (Å²) in [7, 11) is 0. The summed E-state index contributed by atoms with van der Waals surface area (Å²) in [5, 5.41) is 0. The van der Waals surface area contributed by atoms with E-state index in [1.54, 1.807) is 10.6 Å². The van der Waals surface area contributed by atoms with E-state index in [0.717, 1.165) is 17.6 Å². The van der Waals surface area contributed by atoms with Gasteiger partial charge in [0.05, 0.1) is 12.8 Å². The third kappa shape index (κ3) is 3.18. The number of carbonyl (C=O) groups excluding carboxylic acids is 1. The van der Waals surface area contributed by atoms with Crippen molar-refractivity contribution in [1.29, 1.82) is 0 Å². The lowest BCUT2D eigenvalue weighted by molar-refractivity contribution is 0.0469. The summed E-state index contributed by atoms with van der Waals surface area (Å²) < 4.78 is 7.14. The van der Waals surface area contributed by atoms with Crippen molar-refractivity contribution in [3.8, 4) is 0 Å². The van der Waals surface area contributed by atoms with Gasteiger partial charge in [-0.1, -0.05) is 26.8 Å². The van der Waals surface area contributed by atoms with Gasteiger partial charge in [0.2, 0.25) is 0 Å². The molecule has 1 unspecified atom stereocenters. The third-order valence-corrected chi connectivity index (χ3v) is 3.81. The van der Waals surface area contributed by atoms with E-state index >= 15 is 0 Å². The molecular weight excluding hydrogens is 252 g/mol. The van der Waals surface area contributed by atoms with Crippen molar-refractivity contribution >= 4 is 11.6 Å². The van der Waals surface area contributed by atoms with E-state index in [0.29, 0.717) is 24.1 Å². The lowest BCUT2D eigenvalue weighted by Crippen LogP contribution is -2.13. The quantitative estimate of drug-likeness (QED) is 0.784. The highest BCUT2D eigenvalue weighted by atomic mass is 16.5. The second-order valence-electron chi connectivity index (χ2n) is 5.72. The summed E-state index contributed by atoms with van der Waals surface area (Å²) in [6, 6.07) is 3.87. The first-order chi connectivity index (χ1) is 9.49. The monoisotopic (exact) mass is 274 g/mol. The molecule has 4 heteroatoms. The van der Waals surface area contributed by atoms with Crippen molar-refractivity contribution in [2.45, 2.75) is 34.1 Å². The highest BCUT2D eigenvalue weighted by molar-refractivity contribution is 5.88. The summed E-state index contributed by atoms with van der Waals surface area (Å²) >= 11 is 0. The number of aromatic nitrogens is 2. The largest absolute Gasteiger partial charge is 0.461 e. The standard InChI is InChI=1S/C16H22N2O2/c1-11(2)13(4)7-8-20-16(19)14-9-17-15-6-5-12(3)10-18(14)15/h5-6,9-11,13H,7-8H2,1-4H3. The summed E-state index contributed by atoms with van der Waals surface area (Å²) in [5.41, 5.74) is 2.33. The van der Waals surface area contributed by atoms with E-state index in [2.05, 4.69) is 25.8 Å². The topological polar surface area (TPSA) is 43.6 Å². The maximum absolute atomic E-state index is 12.1. The zero-order valence-corrected chi connectivity index (χ0v) is 12.6. The van der Waals surface area contributed by atoms with Crippen LogP contribution in [0.25, 0.3) is 5.65 Å². The molecule has 0 saturated heterocycles. The molecule has 4 nitrogen and oxygen atoms in total. The average molecular weight is 274 g/mol. The number of hydrogen-bond acceptors (Lipinski definition) is 3. The molecule has 20 heavy (non-hydrogen) atoms. The Hall–Kier alpha value is -1.84. The number of nitrogens with zero attached hydrogens (tertiary/aromatic N) is 2. The van der Waals surface area contributed by atoms with Gasteiger partial charge in [0.15, 0.2) is 5.69 Å². The number of pyridine rings is 1. The predicted octanol–water partition coefficient (Wildman–Crippen LogP) is 3.48.